The van der Waals surface area contributed by atoms with E-state index in [1.807, 2.05) is 12.1 Å². The topological polar surface area (TPSA) is 50.2 Å². The van der Waals surface area contributed by atoms with Crippen LogP contribution >= 0.6 is 23.1 Å². The Morgan fingerprint density at radius 3 is 3.00 bits per heavy atom. The Labute approximate surface area is 108 Å². The Bertz CT molecular complexity index is 537. The molecule has 17 heavy (non-hydrogen) atoms. The third-order valence-corrected chi connectivity index (χ3v) is 4.29. The molecule has 2 rings (SSSR count). The smallest absolute Gasteiger partial charge is 0.347 e. The molecule has 0 amide bonds. The van der Waals surface area contributed by atoms with Crippen LogP contribution in [0.15, 0.2) is 35.4 Å². The van der Waals surface area contributed by atoms with Crippen LogP contribution in [0.25, 0.3) is 0 Å². The van der Waals surface area contributed by atoms with E-state index in [0.29, 0.717) is 10.6 Å². The van der Waals surface area contributed by atoms with E-state index in [0.717, 1.165) is 5.01 Å². The van der Waals surface area contributed by atoms with E-state index in [1.165, 1.54) is 28.0 Å². The van der Waals surface area contributed by atoms with Crippen LogP contribution in [0.4, 0.5) is 0 Å². The third-order valence-electron chi connectivity index (χ3n) is 2.12. The number of hydrogen-bond donors (Lipinski definition) is 1. The molecule has 0 spiro atoms. The molecule has 3 nitrogen and oxygen atoms in total. The number of benzene rings is 1. The summed E-state index contributed by atoms with van der Waals surface area (Å²) in [6, 6.07) is 8.22. The molecule has 0 atom stereocenters. The van der Waals surface area contributed by atoms with Crippen molar-refractivity contribution < 1.29 is 9.90 Å². The number of hydrogen-bond acceptors (Lipinski definition) is 4. The van der Waals surface area contributed by atoms with Gasteiger partial charge in [-0.15, -0.1) is 23.1 Å². The fraction of sp³-hybridized carbons (Fsp3) is 0.167. The largest absolute Gasteiger partial charge is 0.477 e. The van der Waals surface area contributed by atoms with Gasteiger partial charge in [-0.05, 0) is 19.1 Å². The fourth-order valence-corrected chi connectivity index (χ4v) is 3.10. The van der Waals surface area contributed by atoms with Gasteiger partial charge in [0.1, 0.15) is 9.88 Å². The lowest BCUT2D eigenvalue weighted by Crippen LogP contribution is -1.89. The van der Waals surface area contributed by atoms with E-state index in [2.05, 4.69) is 24.0 Å². The van der Waals surface area contributed by atoms with Crippen LogP contribution in [0.3, 0.4) is 0 Å². The number of carboxylic acid groups (broad SMARTS) is 1. The zero-order chi connectivity index (χ0) is 12.3. The highest BCUT2D eigenvalue weighted by Crippen LogP contribution is 2.25. The average Bonchev–Trinajstić information content (AvgIpc) is 2.75. The average molecular weight is 265 g/mol. The van der Waals surface area contributed by atoms with Crippen molar-refractivity contribution in [2.45, 2.75) is 17.6 Å². The van der Waals surface area contributed by atoms with Crippen LogP contribution in [0.5, 0.6) is 0 Å². The first-order valence-electron chi connectivity index (χ1n) is 5.02. The van der Waals surface area contributed by atoms with Gasteiger partial charge >= 0.3 is 5.97 Å². The van der Waals surface area contributed by atoms with Crippen LogP contribution in [-0.2, 0) is 5.75 Å². The maximum Gasteiger partial charge on any atom is 0.347 e. The van der Waals surface area contributed by atoms with Crippen molar-refractivity contribution >= 4 is 29.1 Å². The summed E-state index contributed by atoms with van der Waals surface area (Å²) in [6.07, 6.45) is 1.42. The van der Waals surface area contributed by atoms with Gasteiger partial charge in [0, 0.05) is 4.90 Å². The second-order valence-corrected chi connectivity index (χ2v) is 5.69. The molecule has 5 heteroatoms. The first kappa shape index (κ1) is 12.1. The van der Waals surface area contributed by atoms with E-state index in [9.17, 15) is 4.79 Å². The molecule has 0 fully saturated rings. The van der Waals surface area contributed by atoms with Gasteiger partial charge in [0.05, 0.1) is 11.9 Å². The molecule has 1 aromatic heterocycles. The van der Waals surface area contributed by atoms with Gasteiger partial charge in [-0.25, -0.2) is 9.78 Å². The number of aromatic nitrogens is 1. The Balaban J connectivity index is 2.00. The molecule has 1 heterocycles. The van der Waals surface area contributed by atoms with Crippen LogP contribution in [0.1, 0.15) is 20.2 Å². The SMILES string of the molecule is Cc1cccc(SCc2ncc(C(=O)O)s2)c1. The second-order valence-electron chi connectivity index (χ2n) is 3.53. The Morgan fingerprint density at radius 1 is 1.53 bits per heavy atom. The minimum Gasteiger partial charge on any atom is -0.477 e. The summed E-state index contributed by atoms with van der Waals surface area (Å²) in [5.41, 5.74) is 1.22. The van der Waals surface area contributed by atoms with Crippen molar-refractivity contribution in [2.24, 2.45) is 0 Å². The minimum absolute atomic E-state index is 0.296. The van der Waals surface area contributed by atoms with Crippen molar-refractivity contribution in [3.05, 3.63) is 45.9 Å². The lowest BCUT2D eigenvalue weighted by atomic mass is 10.2. The molecular weight excluding hydrogens is 254 g/mol. The molecule has 0 saturated heterocycles. The monoisotopic (exact) mass is 265 g/mol. The number of aryl methyl sites for hydroxylation is 1. The molecule has 0 bridgehead atoms. The first-order valence-corrected chi connectivity index (χ1v) is 6.83. The number of carboxylic acids is 1. The lowest BCUT2D eigenvalue weighted by Gasteiger charge is -1.99. The zero-order valence-corrected chi connectivity index (χ0v) is 10.8. The Kier molecular flexibility index (Phi) is 3.81. The van der Waals surface area contributed by atoms with Gasteiger partial charge < -0.3 is 5.11 Å². The summed E-state index contributed by atoms with van der Waals surface area (Å²) < 4.78 is 0. The first-order chi connectivity index (χ1) is 8.15. The molecule has 1 aromatic carbocycles. The minimum atomic E-state index is -0.908. The van der Waals surface area contributed by atoms with E-state index in [1.54, 1.807) is 11.8 Å². The molecule has 0 aliphatic rings. The number of thioether (sulfide) groups is 1. The maximum atomic E-state index is 10.7. The highest BCUT2D eigenvalue weighted by molar-refractivity contribution is 7.98. The van der Waals surface area contributed by atoms with E-state index < -0.39 is 5.97 Å². The van der Waals surface area contributed by atoms with Crippen LogP contribution in [-0.4, -0.2) is 16.1 Å². The third kappa shape index (κ3) is 3.31. The van der Waals surface area contributed by atoms with Gasteiger partial charge in [-0.1, -0.05) is 17.7 Å². The van der Waals surface area contributed by atoms with Crippen molar-refractivity contribution in [1.82, 2.24) is 4.98 Å². The molecule has 0 unspecified atom stereocenters. The van der Waals surface area contributed by atoms with Crippen LogP contribution in [0, 0.1) is 6.92 Å². The van der Waals surface area contributed by atoms with Gasteiger partial charge in [0.15, 0.2) is 0 Å². The zero-order valence-electron chi connectivity index (χ0n) is 9.21. The Hall–Kier alpha value is -1.33. The van der Waals surface area contributed by atoms with Gasteiger partial charge in [0.2, 0.25) is 0 Å². The molecule has 88 valence electrons. The number of thiazole rings is 1. The van der Waals surface area contributed by atoms with Crippen molar-refractivity contribution in [3.8, 4) is 0 Å². The van der Waals surface area contributed by atoms with Crippen LogP contribution < -0.4 is 0 Å². The van der Waals surface area contributed by atoms with Crippen molar-refractivity contribution in [3.63, 3.8) is 0 Å². The Morgan fingerprint density at radius 2 is 2.35 bits per heavy atom. The molecular formula is C12H11NO2S2. The predicted octanol–water partition coefficient (Wildman–Crippen LogP) is 3.44. The van der Waals surface area contributed by atoms with Crippen molar-refractivity contribution in [2.75, 3.05) is 0 Å². The maximum absolute atomic E-state index is 10.7. The molecule has 2 aromatic rings. The summed E-state index contributed by atoms with van der Waals surface area (Å²) in [5.74, 6) is -0.198. The summed E-state index contributed by atoms with van der Waals surface area (Å²) in [7, 11) is 0. The fourth-order valence-electron chi connectivity index (χ4n) is 1.33. The second kappa shape index (κ2) is 5.33. The van der Waals surface area contributed by atoms with Crippen molar-refractivity contribution in [1.29, 1.82) is 0 Å². The molecule has 0 aliphatic carbocycles. The number of aromatic carboxylic acids is 1. The number of nitrogens with zero attached hydrogens (tertiary/aromatic N) is 1. The quantitative estimate of drug-likeness (QED) is 0.860. The summed E-state index contributed by atoms with van der Waals surface area (Å²) in [6.45, 7) is 2.05. The van der Waals surface area contributed by atoms with Crippen LogP contribution in [0.2, 0.25) is 0 Å². The standard InChI is InChI=1S/C12H11NO2S2/c1-8-3-2-4-9(5-8)16-7-11-13-6-10(17-11)12(14)15/h2-6H,7H2,1H3,(H,14,15). The van der Waals surface area contributed by atoms with Gasteiger partial charge in [-0.3, -0.25) is 0 Å². The molecule has 0 radical (unpaired) electrons. The number of rotatable bonds is 4. The molecule has 0 saturated carbocycles. The molecule has 0 aliphatic heterocycles. The number of carbonyl (C=O) groups is 1. The highest BCUT2D eigenvalue weighted by atomic mass is 32.2. The van der Waals surface area contributed by atoms with Gasteiger partial charge in [0.25, 0.3) is 0 Å². The lowest BCUT2D eigenvalue weighted by molar-refractivity contribution is 0.0702. The van der Waals surface area contributed by atoms with Gasteiger partial charge in [-0.2, -0.15) is 0 Å². The summed E-state index contributed by atoms with van der Waals surface area (Å²) in [5, 5.41) is 9.62. The van der Waals surface area contributed by atoms with E-state index in [-0.39, 0.29) is 0 Å². The van der Waals surface area contributed by atoms with E-state index in [4.69, 9.17) is 5.11 Å². The predicted molar refractivity (Wildman–Crippen MR) is 69.8 cm³/mol. The van der Waals surface area contributed by atoms with E-state index >= 15 is 0 Å². The summed E-state index contributed by atoms with van der Waals surface area (Å²) in [4.78, 5) is 16.3. The highest BCUT2D eigenvalue weighted by Gasteiger charge is 2.08. The summed E-state index contributed by atoms with van der Waals surface area (Å²) >= 11 is 2.90. The molecule has 1 N–H and O–H groups in total. The normalized spacial score (nSPS) is 10.4.